The first-order valence-corrected chi connectivity index (χ1v) is 9.31. The minimum absolute atomic E-state index is 0.142. The highest BCUT2D eigenvalue weighted by Crippen LogP contribution is 2.26. The number of pyridine rings is 1. The van der Waals surface area contributed by atoms with Crippen molar-refractivity contribution in [3.63, 3.8) is 0 Å². The highest BCUT2D eigenvalue weighted by Gasteiger charge is 2.16. The van der Waals surface area contributed by atoms with Crippen molar-refractivity contribution in [2.24, 2.45) is 0 Å². The molecule has 4 rings (SSSR count). The second-order valence-corrected chi connectivity index (χ2v) is 6.61. The summed E-state index contributed by atoms with van der Waals surface area (Å²) in [5.74, 6) is -0.896. The summed E-state index contributed by atoms with van der Waals surface area (Å²) in [6.45, 7) is -0.404. The Morgan fingerprint density at radius 1 is 0.900 bits per heavy atom. The van der Waals surface area contributed by atoms with Gasteiger partial charge in [0.2, 0.25) is 0 Å². The quantitative estimate of drug-likeness (QED) is 0.487. The fraction of sp³-hybridized carbons (Fsp3) is 0.0417. The summed E-state index contributed by atoms with van der Waals surface area (Å²) in [4.78, 5) is 29.5. The number of esters is 1. The summed E-state index contributed by atoms with van der Waals surface area (Å²) in [6, 6.07) is 24.3. The number of benzene rings is 3. The highest BCUT2D eigenvalue weighted by atomic mass is 16.5. The molecule has 1 heterocycles. The predicted octanol–water partition coefficient (Wildman–Crippen LogP) is 4.40. The van der Waals surface area contributed by atoms with Crippen LogP contribution in [0.4, 0.5) is 5.69 Å². The van der Waals surface area contributed by atoms with Crippen molar-refractivity contribution in [3.05, 3.63) is 90.5 Å². The van der Waals surface area contributed by atoms with Gasteiger partial charge in [-0.25, -0.2) is 9.78 Å². The molecule has 2 N–H and O–H groups in total. The minimum atomic E-state index is -0.614. The number of aromatic hydroxyl groups is 1. The van der Waals surface area contributed by atoms with E-state index in [2.05, 4.69) is 10.3 Å². The van der Waals surface area contributed by atoms with Crippen molar-refractivity contribution in [3.8, 4) is 17.0 Å². The molecule has 4 aromatic rings. The van der Waals surface area contributed by atoms with E-state index >= 15 is 0 Å². The lowest BCUT2D eigenvalue weighted by Gasteiger charge is -2.10. The number of nitrogens with one attached hydrogen (secondary N) is 1. The van der Waals surface area contributed by atoms with Crippen molar-refractivity contribution < 1.29 is 19.4 Å². The van der Waals surface area contributed by atoms with Crippen LogP contribution >= 0.6 is 0 Å². The van der Waals surface area contributed by atoms with E-state index in [4.69, 9.17) is 4.74 Å². The standard InChI is InChI=1S/C24H18N2O4/c27-18-12-10-16(11-13-18)22-14-20(19-8-4-5-9-21(19)26-22)24(29)30-15-23(28)25-17-6-2-1-3-7-17/h1-14,27H,15H2,(H,25,28). The SMILES string of the molecule is O=C(COC(=O)c1cc(-c2ccc(O)cc2)nc2ccccc12)Nc1ccccc1. The molecule has 6 heteroatoms. The smallest absolute Gasteiger partial charge is 0.339 e. The Morgan fingerprint density at radius 3 is 2.37 bits per heavy atom. The average Bonchev–Trinajstić information content (AvgIpc) is 2.78. The van der Waals surface area contributed by atoms with Crippen molar-refractivity contribution in [1.82, 2.24) is 4.98 Å². The number of carbonyl (C=O) groups is 2. The van der Waals surface area contributed by atoms with Gasteiger partial charge >= 0.3 is 5.97 Å². The van der Waals surface area contributed by atoms with Crippen LogP contribution in [0.15, 0.2) is 84.9 Å². The Labute approximate surface area is 172 Å². The molecule has 0 saturated carbocycles. The first-order valence-electron chi connectivity index (χ1n) is 9.31. The third-order valence-electron chi connectivity index (χ3n) is 4.49. The van der Waals surface area contributed by atoms with Gasteiger partial charge in [0.25, 0.3) is 5.91 Å². The van der Waals surface area contributed by atoms with Crippen molar-refractivity contribution >= 4 is 28.5 Å². The van der Waals surface area contributed by atoms with Crippen LogP contribution in [-0.4, -0.2) is 28.6 Å². The maximum absolute atomic E-state index is 12.8. The molecule has 6 nitrogen and oxygen atoms in total. The number of hydrogen-bond acceptors (Lipinski definition) is 5. The maximum Gasteiger partial charge on any atom is 0.339 e. The number of phenolic OH excluding ortho intramolecular Hbond substituents is 1. The number of fused-ring (bicyclic) bond motifs is 1. The Morgan fingerprint density at radius 2 is 1.60 bits per heavy atom. The van der Waals surface area contributed by atoms with E-state index in [0.29, 0.717) is 27.8 Å². The van der Waals surface area contributed by atoms with Crippen molar-refractivity contribution in [2.45, 2.75) is 0 Å². The van der Waals surface area contributed by atoms with Gasteiger partial charge in [-0.3, -0.25) is 4.79 Å². The van der Waals surface area contributed by atoms with Gasteiger partial charge in [0, 0.05) is 16.6 Å². The van der Waals surface area contributed by atoms with Gasteiger partial charge in [-0.15, -0.1) is 0 Å². The van der Waals surface area contributed by atoms with Gasteiger partial charge in [0.1, 0.15) is 5.75 Å². The molecule has 0 atom stereocenters. The van der Waals surface area contributed by atoms with Gasteiger partial charge in [0.15, 0.2) is 6.61 Å². The first kappa shape index (κ1) is 19.1. The topological polar surface area (TPSA) is 88.5 Å². The highest BCUT2D eigenvalue weighted by molar-refractivity contribution is 6.05. The Balaban J connectivity index is 1.58. The minimum Gasteiger partial charge on any atom is -0.508 e. The molecule has 0 unspecified atom stereocenters. The van der Waals surface area contributed by atoms with E-state index < -0.39 is 18.5 Å². The van der Waals surface area contributed by atoms with Crippen LogP contribution in [-0.2, 0) is 9.53 Å². The van der Waals surface area contributed by atoms with E-state index in [0.717, 1.165) is 5.56 Å². The molecule has 1 amide bonds. The third-order valence-corrected chi connectivity index (χ3v) is 4.49. The Kier molecular flexibility index (Phi) is 5.39. The van der Waals surface area contributed by atoms with E-state index in [1.165, 1.54) is 0 Å². The number of aromatic nitrogens is 1. The molecular formula is C24H18N2O4. The summed E-state index contributed by atoms with van der Waals surface area (Å²) < 4.78 is 5.26. The number of ether oxygens (including phenoxy) is 1. The average molecular weight is 398 g/mol. The molecule has 0 saturated heterocycles. The summed E-state index contributed by atoms with van der Waals surface area (Å²) >= 11 is 0. The van der Waals surface area contributed by atoms with Crippen LogP contribution in [0.3, 0.4) is 0 Å². The third kappa shape index (κ3) is 4.28. The van der Waals surface area contributed by atoms with E-state index in [1.54, 1.807) is 66.7 Å². The van der Waals surface area contributed by atoms with Crippen LogP contribution in [0.25, 0.3) is 22.2 Å². The second-order valence-electron chi connectivity index (χ2n) is 6.61. The van der Waals surface area contributed by atoms with Crippen LogP contribution in [0.2, 0.25) is 0 Å². The second kappa shape index (κ2) is 8.45. The molecule has 0 aliphatic carbocycles. The van der Waals surface area contributed by atoms with E-state index in [-0.39, 0.29) is 5.75 Å². The van der Waals surface area contributed by atoms with Gasteiger partial charge in [0.05, 0.1) is 16.8 Å². The number of carbonyl (C=O) groups excluding carboxylic acids is 2. The summed E-state index contributed by atoms with van der Waals surface area (Å²) in [7, 11) is 0. The van der Waals surface area contributed by atoms with Gasteiger partial charge < -0.3 is 15.2 Å². The fourth-order valence-electron chi connectivity index (χ4n) is 3.05. The lowest BCUT2D eigenvalue weighted by molar-refractivity contribution is -0.119. The van der Waals surface area contributed by atoms with E-state index in [9.17, 15) is 14.7 Å². The molecule has 0 spiro atoms. The summed E-state index contributed by atoms with van der Waals surface area (Å²) in [5, 5.41) is 12.8. The van der Waals surface area contributed by atoms with Crippen molar-refractivity contribution in [2.75, 3.05) is 11.9 Å². The number of phenols is 1. The number of anilines is 1. The molecule has 0 bridgehead atoms. The predicted molar refractivity (Wildman–Crippen MR) is 114 cm³/mol. The van der Waals surface area contributed by atoms with Crippen LogP contribution in [0.5, 0.6) is 5.75 Å². The lowest BCUT2D eigenvalue weighted by Crippen LogP contribution is -2.21. The molecule has 0 aliphatic rings. The Bertz CT molecular complexity index is 1210. The molecule has 3 aromatic carbocycles. The van der Waals surface area contributed by atoms with E-state index in [1.807, 2.05) is 18.2 Å². The Hall–Kier alpha value is -4.19. The number of amides is 1. The number of nitrogens with zero attached hydrogens (tertiary/aromatic N) is 1. The number of para-hydroxylation sites is 2. The fourth-order valence-corrected chi connectivity index (χ4v) is 3.05. The van der Waals surface area contributed by atoms with Crippen molar-refractivity contribution in [1.29, 1.82) is 0 Å². The van der Waals surface area contributed by atoms with Gasteiger partial charge in [-0.1, -0.05) is 36.4 Å². The molecule has 148 valence electrons. The molecule has 0 fully saturated rings. The zero-order valence-corrected chi connectivity index (χ0v) is 15.9. The van der Waals surface area contributed by atoms with Crippen LogP contribution in [0.1, 0.15) is 10.4 Å². The molecule has 30 heavy (non-hydrogen) atoms. The van der Waals surface area contributed by atoms with Gasteiger partial charge in [-0.2, -0.15) is 0 Å². The molecule has 0 aliphatic heterocycles. The lowest BCUT2D eigenvalue weighted by atomic mass is 10.0. The monoisotopic (exact) mass is 398 g/mol. The molecule has 0 radical (unpaired) electrons. The maximum atomic E-state index is 12.8. The van der Waals surface area contributed by atoms with Gasteiger partial charge in [-0.05, 0) is 48.5 Å². The zero-order chi connectivity index (χ0) is 20.9. The molecular weight excluding hydrogens is 380 g/mol. The first-order chi connectivity index (χ1) is 14.6. The van der Waals surface area contributed by atoms with Crippen LogP contribution in [0, 0.1) is 0 Å². The number of rotatable bonds is 5. The summed E-state index contributed by atoms with van der Waals surface area (Å²) in [6.07, 6.45) is 0. The molecule has 1 aromatic heterocycles. The van der Waals surface area contributed by atoms with Crippen LogP contribution < -0.4 is 5.32 Å². The normalized spacial score (nSPS) is 10.5. The largest absolute Gasteiger partial charge is 0.508 e. The number of hydrogen-bond donors (Lipinski definition) is 2. The summed E-state index contributed by atoms with van der Waals surface area (Å²) in [5.41, 5.74) is 2.88. The zero-order valence-electron chi connectivity index (χ0n) is 15.9.